The number of alkyl halides is 3. The van der Waals surface area contributed by atoms with Gasteiger partial charge in [-0.05, 0) is 36.4 Å². The van der Waals surface area contributed by atoms with Crippen LogP contribution in [0.2, 0.25) is 0 Å². The summed E-state index contributed by atoms with van der Waals surface area (Å²) in [5, 5.41) is 2.48. The molecule has 1 aliphatic rings. The van der Waals surface area contributed by atoms with Gasteiger partial charge in [-0.3, -0.25) is 0 Å². The minimum Gasteiger partial charge on any atom is -0.465 e. The van der Waals surface area contributed by atoms with Crippen molar-refractivity contribution in [1.29, 1.82) is 0 Å². The number of benzene rings is 3. The summed E-state index contributed by atoms with van der Waals surface area (Å²) in [7, 11) is 3.10. The van der Waals surface area contributed by atoms with E-state index < -0.39 is 12.3 Å². The highest BCUT2D eigenvalue weighted by Gasteiger charge is 2.34. The van der Waals surface area contributed by atoms with E-state index in [0.29, 0.717) is 28.3 Å². The Morgan fingerprint density at radius 1 is 1.00 bits per heavy atom. The molecule has 0 atom stereocenters. The molecule has 8 heteroatoms. The van der Waals surface area contributed by atoms with E-state index in [0.717, 1.165) is 21.7 Å². The number of rotatable bonds is 2. The fourth-order valence-electron chi connectivity index (χ4n) is 4.07. The number of hydrogen-bond acceptors (Lipinski definition) is 4. The molecule has 31 heavy (non-hydrogen) atoms. The lowest BCUT2D eigenvalue weighted by Crippen LogP contribution is -2.33. The lowest BCUT2D eigenvalue weighted by Gasteiger charge is -2.21. The average Bonchev–Trinajstić information content (AvgIpc) is 2.74. The molecule has 156 valence electrons. The Balaban J connectivity index is 1.85. The molecule has 0 saturated heterocycles. The first kappa shape index (κ1) is 19.2. The van der Waals surface area contributed by atoms with Gasteiger partial charge < -0.3 is 14.2 Å². The highest BCUT2D eigenvalue weighted by Crippen LogP contribution is 2.47. The van der Waals surface area contributed by atoms with E-state index in [1.807, 2.05) is 28.8 Å². The Kier molecular flexibility index (Phi) is 4.08. The second-order valence-electron chi connectivity index (χ2n) is 7.12. The van der Waals surface area contributed by atoms with Crippen molar-refractivity contribution in [3.8, 4) is 28.5 Å². The van der Waals surface area contributed by atoms with E-state index in [9.17, 15) is 18.0 Å². The van der Waals surface area contributed by atoms with Crippen LogP contribution in [0.4, 0.5) is 13.2 Å². The second kappa shape index (κ2) is 6.60. The van der Waals surface area contributed by atoms with Crippen LogP contribution in [-0.4, -0.2) is 19.4 Å². The SMILES string of the molecule is COC(=O)c1ccc2c3cccc4c3c([n+](C)c2c1)-c1cc(OC(F)(F)F)ccc1O4. The molecule has 1 aliphatic heterocycles. The third-order valence-electron chi connectivity index (χ3n) is 5.33. The molecule has 5 nitrogen and oxygen atoms in total. The molecule has 0 N–H and O–H groups in total. The largest absolute Gasteiger partial charge is 0.573 e. The molecule has 0 aliphatic carbocycles. The average molecular weight is 426 g/mol. The quantitative estimate of drug-likeness (QED) is 0.219. The number of carbonyl (C=O) groups excluding carboxylic acids is 1. The van der Waals surface area contributed by atoms with Crippen LogP contribution in [0.15, 0.2) is 54.6 Å². The van der Waals surface area contributed by atoms with E-state index in [2.05, 4.69) is 4.74 Å². The van der Waals surface area contributed by atoms with E-state index in [1.54, 1.807) is 19.2 Å². The summed E-state index contributed by atoms with van der Waals surface area (Å²) < 4.78 is 55.1. The molecule has 0 unspecified atom stereocenters. The van der Waals surface area contributed by atoms with Gasteiger partial charge in [0.2, 0.25) is 11.2 Å². The summed E-state index contributed by atoms with van der Waals surface area (Å²) in [5.41, 5.74) is 2.21. The predicted molar refractivity (Wildman–Crippen MR) is 106 cm³/mol. The zero-order valence-electron chi connectivity index (χ0n) is 16.4. The minimum atomic E-state index is -4.81. The van der Waals surface area contributed by atoms with Crippen molar-refractivity contribution in [3.05, 3.63) is 60.2 Å². The van der Waals surface area contributed by atoms with E-state index in [4.69, 9.17) is 9.47 Å². The molecule has 2 heterocycles. The molecular formula is C23H15F3NO4+. The summed E-state index contributed by atoms with van der Waals surface area (Å²) in [6.07, 6.45) is -4.81. The zero-order chi connectivity index (χ0) is 21.9. The van der Waals surface area contributed by atoms with Crippen molar-refractivity contribution in [2.24, 2.45) is 7.05 Å². The summed E-state index contributed by atoms with van der Waals surface area (Å²) in [6.45, 7) is 0. The number of methoxy groups -OCH3 is 1. The number of aromatic nitrogens is 1. The molecule has 0 amide bonds. The number of esters is 1. The van der Waals surface area contributed by atoms with Crippen molar-refractivity contribution in [3.63, 3.8) is 0 Å². The maximum absolute atomic E-state index is 12.8. The van der Waals surface area contributed by atoms with Crippen molar-refractivity contribution in [2.75, 3.05) is 7.11 Å². The van der Waals surface area contributed by atoms with Crippen LogP contribution in [0.3, 0.4) is 0 Å². The van der Waals surface area contributed by atoms with Gasteiger partial charge in [0, 0.05) is 11.5 Å². The second-order valence-corrected chi connectivity index (χ2v) is 7.12. The van der Waals surface area contributed by atoms with Crippen molar-refractivity contribution >= 4 is 27.6 Å². The fraction of sp³-hybridized carbons (Fsp3) is 0.130. The Morgan fingerprint density at radius 2 is 1.81 bits per heavy atom. The fourth-order valence-corrected chi connectivity index (χ4v) is 4.07. The highest BCUT2D eigenvalue weighted by molar-refractivity contribution is 6.13. The van der Waals surface area contributed by atoms with Gasteiger partial charge in [-0.15, -0.1) is 13.2 Å². The number of nitrogens with zero attached hydrogens (tertiary/aromatic N) is 1. The first-order chi connectivity index (χ1) is 14.8. The Labute approximate surface area is 174 Å². The normalized spacial score (nSPS) is 12.4. The predicted octanol–water partition coefficient (Wildman–Crippen LogP) is 5.28. The maximum Gasteiger partial charge on any atom is 0.573 e. The first-order valence-electron chi connectivity index (χ1n) is 9.31. The molecule has 0 spiro atoms. The monoisotopic (exact) mass is 426 g/mol. The number of halogens is 3. The molecule has 0 saturated carbocycles. The smallest absolute Gasteiger partial charge is 0.465 e. The topological polar surface area (TPSA) is 48.6 Å². The molecule has 1 aromatic heterocycles. The Bertz CT molecular complexity index is 1400. The zero-order valence-corrected chi connectivity index (χ0v) is 16.4. The van der Waals surface area contributed by atoms with E-state index >= 15 is 0 Å². The van der Waals surface area contributed by atoms with Gasteiger partial charge in [0.15, 0.2) is 0 Å². The van der Waals surface area contributed by atoms with Crippen LogP contribution in [0.1, 0.15) is 10.4 Å². The molecule has 0 fully saturated rings. The maximum atomic E-state index is 12.8. The van der Waals surface area contributed by atoms with Crippen LogP contribution in [0.5, 0.6) is 17.2 Å². The Hall–Kier alpha value is -3.81. The van der Waals surface area contributed by atoms with Crippen LogP contribution < -0.4 is 14.0 Å². The number of fused-ring (bicyclic) bond motifs is 4. The third-order valence-corrected chi connectivity index (χ3v) is 5.33. The van der Waals surface area contributed by atoms with Crippen LogP contribution >= 0.6 is 0 Å². The van der Waals surface area contributed by atoms with Crippen LogP contribution in [0, 0.1) is 0 Å². The molecule has 3 aromatic carbocycles. The van der Waals surface area contributed by atoms with Gasteiger partial charge in [-0.1, -0.05) is 12.1 Å². The summed E-state index contributed by atoms with van der Waals surface area (Å²) in [6, 6.07) is 14.7. The van der Waals surface area contributed by atoms with Crippen molar-refractivity contribution in [2.45, 2.75) is 6.36 Å². The van der Waals surface area contributed by atoms with Gasteiger partial charge in [0.1, 0.15) is 24.3 Å². The lowest BCUT2D eigenvalue weighted by atomic mass is 9.95. The third kappa shape index (κ3) is 3.02. The van der Waals surface area contributed by atoms with Gasteiger partial charge in [0.05, 0.1) is 29.0 Å². The van der Waals surface area contributed by atoms with Gasteiger partial charge >= 0.3 is 12.3 Å². The first-order valence-corrected chi connectivity index (χ1v) is 9.31. The van der Waals surface area contributed by atoms with Gasteiger partial charge in [-0.25, -0.2) is 4.79 Å². The molecule has 5 rings (SSSR count). The van der Waals surface area contributed by atoms with Crippen molar-refractivity contribution in [1.82, 2.24) is 0 Å². The number of ether oxygens (including phenoxy) is 3. The molecular weight excluding hydrogens is 411 g/mol. The standard InChI is InChI=1S/C23H15F3NO4/c1-27-17-10-12(22(28)29-2)6-8-14(17)15-4-3-5-19-20(15)21(27)16-11-13(31-23(24,25)26)7-9-18(16)30-19/h3-11H,1-2H3/q+1. The Morgan fingerprint density at radius 3 is 2.55 bits per heavy atom. The number of hydrogen-bond donors (Lipinski definition) is 0. The summed E-state index contributed by atoms with van der Waals surface area (Å²) in [5.74, 6) is 0.187. The van der Waals surface area contributed by atoms with Gasteiger partial charge in [-0.2, -0.15) is 4.57 Å². The molecule has 0 bridgehead atoms. The van der Waals surface area contributed by atoms with E-state index in [-0.39, 0.29) is 5.75 Å². The van der Waals surface area contributed by atoms with Crippen molar-refractivity contribution < 1.29 is 36.7 Å². The van der Waals surface area contributed by atoms with Crippen LogP contribution in [-0.2, 0) is 11.8 Å². The molecule has 0 radical (unpaired) electrons. The van der Waals surface area contributed by atoms with Crippen LogP contribution in [0.25, 0.3) is 32.9 Å². The minimum absolute atomic E-state index is 0.342. The lowest BCUT2D eigenvalue weighted by molar-refractivity contribution is -0.632. The summed E-state index contributed by atoms with van der Waals surface area (Å²) in [4.78, 5) is 12.1. The van der Waals surface area contributed by atoms with E-state index in [1.165, 1.54) is 25.3 Å². The number of pyridine rings is 1. The molecule has 4 aromatic rings. The highest BCUT2D eigenvalue weighted by atomic mass is 19.4. The number of carbonyl (C=O) groups is 1. The summed E-state index contributed by atoms with van der Waals surface area (Å²) >= 11 is 0. The van der Waals surface area contributed by atoms with Gasteiger partial charge in [0.25, 0.3) is 0 Å². The number of aryl methyl sites for hydroxylation is 1.